The van der Waals surface area contributed by atoms with Gasteiger partial charge in [0, 0.05) is 17.8 Å². The van der Waals surface area contributed by atoms with Crippen molar-refractivity contribution in [3.63, 3.8) is 0 Å². The van der Waals surface area contributed by atoms with Crippen LogP contribution in [-0.4, -0.2) is 17.4 Å². The molecule has 1 aromatic rings. The molecule has 0 unspecified atom stereocenters. The van der Waals surface area contributed by atoms with Gasteiger partial charge in [0.2, 0.25) is 0 Å². The Bertz CT molecular complexity index is 652. The van der Waals surface area contributed by atoms with Crippen molar-refractivity contribution in [2.24, 2.45) is 0 Å². The quantitative estimate of drug-likeness (QED) is 0.750. The zero-order valence-corrected chi connectivity index (χ0v) is 9.81. The summed E-state index contributed by atoms with van der Waals surface area (Å²) in [6, 6.07) is 8.22. The van der Waals surface area contributed by atoms with Crippen LogP contribution < -0.4 is 5.32 Å². The Hall–Kier alpha value is -2.29. The molecular weight excluding hydrogens is 224 g/mol. The van der Waals surface area contributed by atoms with Gasteiger partial charge >= 0.3 is 0 Å². The molecule has 1 amide bonds. The lowest BCUT2D eigenvalue weighted by atomic mass is 10.0. The first-order valence-corrected chi connectivity index (χ1v) is 6.11. The van der Waals surface area contributed by atoms with Crippen LogP contribution in [0.4, 0.5) is 5.69 Å². The Morgan fingerprint density at radius 3 is 3.06 bits per heavy atom. The van der Waals surface area contributed by atoms with Crippen LogP contribution >= 0.6 is 0 Å². The third kappa shape index (κ3) is 1.21. The molecule has 0 bridgehead atoms. The fourth-order valence-electron chi connectivity index (χ4n) is 2.78. The molecule has 3 nitrogen and oxygen atoms in total. The molecule has 0 saturated carbocycles. The summed E-state index contributed by atoms with van der Waals surface area (Å²) in [7, 11) is 0. The summed E-state index contributed by atoms with van der Waals surface area (Å²) in [4.78, 5) is 13.7. The number of para-hydroxylation sites is 1. The summed E-state index contributed by atoms with van der Waals surface area (Å²) in [6.45, 7) is 0.690. The molecule has 88 valence electrons. The summed E-state index contributed by atoms with van der Waals surface area (Å²) < 4.78 is 0. The van der Waals surface area contributed by atoms with E-state index in [1.165, 1.54) is 11.1 Å². The summed E-state index contributed by atoms with van der Waals surface area (Å²) >= 11 is 0. The van der Waals surface area contributed by atoms with E-state index in [-0.39, 0.29) is 5.91 Å². The molecule has 1 N–H and O–H groups in total. The standard InChI is InChI=1S/C15H12N2O/c18-14-7-3-6-13-15-11(9-17(13)14)8-10-4-1-2-5-12(10)16-15/h1-5,7-8,16H,6,9H2. The molecule has 3 aliphatic rings. The Labute approximate surface area is 105 Å². The Balaban J connectivity index is 1.87. The number of nitrogens with zero attached hydrogens (tertiary/aromatic N) is 1. The van der Waals surface area contributed by atoms with Gasteiger partial charge in [0.15, 0.2) is 0 Å². The van der Waals surface area contributed by atoms with Gasteiger partial charge in [-0.05, 0) is 29.4 Å². The van der Waals surface area contributed by atoms with E-state index in [1.54, 1.807) is 6.08 Å². The van der Waals surface area contributed by atoms with Gasteiger partial charge in [0.25, 0.3) is 5.91 Å². The van der Waals surface area contributed by atoms with Crippen LogP contribution in [0.2, 0.25) is 0 Å². The van der Waals surface area contributed by atoms with Crippen LogP contribution in [-0.2, 0) is 4.79 Å². The number of hydrogen-bond acceptors (Lipinski definition) is 2. The molecule has 3 heterocycles. The first kappa shape index (κ1) is 9.71. The highest BCUT2D eigenvalue weighted by Crippen LogP contribution is 2.38. The average molecular weight is 236 g/mol. The highest BCUT2D eigenvalue weighted by atomic mass is 16.2. The van der Waals surface area contributed by atoms with Gasteiger partial charge in [-0.2, -0.15) is 0 Å². The number of amides is 1. The predicted octanol–water partition coefficient (Wildman–Crippen LogP) is 2.51. The van der Waals surface area contributed by atoms with Gasteiger partial charge < -0.3 is 10.2 Å². The maximum absolute atomic E-state index is 11.8. The van der Waals surface area contributed by atoms with Gasteiger partial charge in [0.05, 0.1) is 12.2 Å². The normalized spacial score (nSPS) is 20.1. The van der Waals surface area contributed by atoms with Crippen molar-refractivity contribution in [1.29, 1.82) is 0 Å². The largest absolute Gasteiger partial charge is 0.353 e. The van der Waals surface area contributed by atoms with Gasteiger partial charge in [-0.1, -0.05) is 24.3 Å². The zero-order chi connectivity index (χ0) is 12.1. The molecule has 0 saturated heterocycles. The highest BCUT2D eigenvalue weighted by Gasteiger charge is 2.33. The van der Waals surface area contributed by atoms with Crippen LogP contribution in [0.25, 0.3) is 6.08 Å². The van der Waals surface area contributed by atoms with Crippen LogP contribution in [0.1, 0.15) is 12.0 Å². The van der Waals surface area contributed by atoms with Gasteiger partial charge in [-0.3, -0.25) is 4.79 Å². The smallest absolute Gasteiger partial charge is 0.250 e. The van der Waals surface area contributed by atoms with Crippen LogP contribution in [0, 0.1) is 0 Å². The second-order valence-corrected chi connectivity index (χ2v) is 4.73. The van der Waals surface area contributed by atoms with Gasteiger partial charge in [-0.15, -0.1) is 0 Å². The SMILES string of the molecule is O=C1C=CCC2=C3Nc4ccccc4C=C3CN12. The summed E-state index contributed by atoms with van der Waals surface area (Å²) in [5.74, 6) is 0.0879. The molecule has 1 aromatic carbocycles. The Morgan fingerprint density at radius 1 is 1.22 bits per heavy atom. The van der Waals surface area contributed by atoms with E-state index in [2.05, 4.69) is 23.5 Å². The number of carbonyl (C=O) groups is 1. The molecule has 0 aliphatic carbocycles. The predicted molar refractivity (Wildman–Crippen MR) is 70.5 cm³/mol. The molecule has 3 heteroatoms. The van der Waals surface area contributed by atoms with Crippen molar-refractivity contribution in [3.05, 3.63) is 58.9 Å². The van der Waals surface area contributed by atoms with E-state index >= 15 is 0 Å². The second kappa shape index (κ2) is 3.35. The number of allylic oxidation sites excluding steroid dienone is 1. The first-order chi connectivity index (χ1) is 8.83. The van der Waals surface area contributed by atoms with E-state index in [0.29, 0.717) is 6.54 Å². The lowest BCUT2D eigenvalue weighted by Gasteiger charge is -2.21. The fourth-order valence-corrected chi connectivity index (χ4v) is 2.78. The van der Waals surface area contributed by atoms with E-state index in [1.807, 2.05) is 23.1 Å². The minimum absolute atomic E-state index is 0.0879. The molecule has 0 atom stereocenters. The van der Waals surface area contributed by atoms with Crippen molar-refractivity contribution in [2.75, 3.05) is 11.9 Å². The number of nitrogens with one attached hydrogen (secondary N) is 1. The van der Waals surface area contributed by atoms with Gasteiger partial charge in [0.1, 0.15) is 0 Å². The van der Waals surface area contributed by atoms with Crippen molar-refractivity contribution in [1.82, 2.24) is 4.90 Å². The topological polar surface area (TPSA) is 32.3 Å². The van der Waals surface area contributed by atoms with Crippen molar-refractivity contribution >= 4 is 17.7 Å². The summed E-state index contributed by atoms with van der Waals surface area (Å²) in [5.41, 5.74) is 5.74. The van der Waals surface area contributed by atoms with Crippen molar-refractivity contribution in [2.45, 2.75) is 6.42 Å². The average Bonchev–Trinajstić information content (AvgIpc) is 2.76. The molecule has 0 spiro atoms. The fraction of sp³-hybridized carbons (Fsp3) is 0.133. The molecular formula is C15H12N2O. The third-order valence-corrected chi connectivity index (χ3v) is 3.65. The van der Waals surface area contributed by atoms with Crippen molar-refractivity contribution < 1.29 is 4.79 Å². The summed E-state index contributed by atoms with van der Waals surface area (Å²) in [6.07, 6.45) is 6.61. The Kier molecular flexibility index (Phi) is 1.81. The minimum atomic E-state index is 0.0879. The van der Waals surface area contributed by atoms with E-state index in [9.17, 15) is 4.79 Å². The Morgan fingerprint density at radius 2 is 2.11 bits per heavy atom. The number of rotatable bonds is 0. The second-order valence-electron chi connectivity index (χ2n) is 4.73. The first-order valence-electron chi connectivity index (χ1n) is 6.11. The van der Waals surface area contributed by atoms with Crippen LogP contribution in [0.3, 0.4) is 0 Å². The van der Waals surface area contributed by atoms with E-state index < -0.39 is 0 Å². The van der Waals surface area contributed by atoms with Crippen molar-refractivity contribution in [3.8, 4) is 0 Å². The molecule has 18 heavy (non-hydrogen) atoms. The lowest BCUT2D eigenvalue weighted by Crippen LogP contribution is -2.28. The maximum atomic E-state index is 11.8. The highest BCUT2D eigenvalue weighted by molar-refractivity contribution is 5.93. The molecule has 0 radical (unpaired) electrons. The molecule has 3 aliphatic heterocycles. The molecule has 0 aromatic heterocycles. The molecule has 0 fully saturated rings. The summed E-state index contributed by atoms with van der Waals surface area (Å²) in [5, 5.41) is 3.46. The van der Waals surface area contributed by atoms with Gasteiger partial charge in [-0.25, -0.2) is 0 Å². The maximum Gasteiger partial charge on any atom is 0.250 e. The number of benzene rings is 1. The molecule has 4 rings (SSSR count). The number of anilines is 1. The van der Waals surface area contributed by atoms with E-state index in [0.717, 1.165) is 23.5 Å². The number of carbonyl (C=O) groups excluding carboxylic acids is 1. The number of fused-ring (bicyclic) bond motifs is 3. The van der Waals surface area contributed by atoms with E-state index in [4.69, 9.17) is 0 Å². The zero-order valence-electron chi connectivity index (χ0n) is 9.81. The van der Waals surface area contributed by atoms with Crippen LogP contribution in [0.5, 0.6) is 0 Å². The lowest BCUT2D eigenvalue weighted by molar-refractivity contribution is -0.124. The number of hydrogen-bond donors (Lipinski definition) is 1. The third-order valence-electron chi connectivity index (χ3n) is 3.65. The van der Waals surface area contributed by atoms with Crippen LogP contribution in [0.15, 0.2) is 53.4 Å². The minimum Gasteiger partial charge on any atom is -0.353 e. The monoisotopic (exact) mass is 236 g/mol.